The summed E-state index contributed by atoms with van der Waals surface area (Å²) >= 11 is 0. The van der Waals surface area contributed by atoms with Crippen LogP contribution < -0.4 is 0 Å². The van der Waals surface area contributed by atoms with Gasteiger partial charge in [0.05, 0.1) is 5.60 Å². The molecule has 0 fully saturated rings. The van der Waals surface area contributed by atoms with Crippen molar-refractivity contribution in [2.75, 3.05) is 6.61 Å². The second-order valence-electron chi connectivity index (χ2n) is 4.38. The molecular weight excluding hydrogens is 184 g/mol. The quantitative estimate of drug-likeness (QED) is 0.501. The predicted molar refractivity (Wildman–Crippen MR) is 50.4 cm³/mol. The molecule has 80 valence electrons. The van der Waals surface area contributed by atoms with Crippen LogP contribution in [0, 0.1) is 0 Å². The van der Waals surface area contributed by atoms with Crippen LogP contribution in [0.1, 0.15) is 27.7 Å². The third kappa shape index (κ3) is 3.57. The monoisotopic (exact) mass is 200 g/mol. The summed E-state index contributed by atoms with van der Waals surface area (Å²) in [6.45, 7) is 7.33. The van der Waals surface area contributed by atoms with Crippen molar-refractivity contribution in [3.63, 3.8) is 0 Å². The second kappa shape index (κ2) is 3.81. The number of hydrogen-bond donors (Lipinski definition) is 0. The Kier molecular flexibility index (Phi) is 3.09. The Labute approximate surface area is 83.8 Å². The fraction of sp³-hybridized carbons (Fsp3) is 0.700. The molecule has 0 saturated carbocycles. The van der Waals surface area contributed by atoms with Gasteiger partial charge in [-0.15, -0.1) is 0 Å². The third-order valence-electron chi connectivity index (χ3n) is 1.53. The van der Waals surface area contributed by atoms with Gasteiger partial charge >= 0.3 is 0 Å². The van der Waals surface area contributed by atoms with E-state index in [0.29, 0.717) is 0 Å². The molecule has 0 radical (unpaired) electrons. The molecule has 0 amide bonds. The zero-order valence-electron chi connectivity index (χ0n) is 8.99. The minimum absolute atomic E-state index is 0.0283. The Morgan fingerprint density at radius 1 is 1.50 bits per heavy atom. The van der Waals surface area contributed by atoms with Crippen LogP contribution in [-0.4, -0.2) is 23.8 Å². The first-order valence-corrected chi connectivity index (χ1v) is 4.54. The van der Waals surface area contributed by atoms with E-state index in [1.165, 1.54) is 6.08 Å². The van der Waals surface area contributed by atoms with Gasteiger partial charge in [0, 0.05) is 0 Å². The highest BCUT2D eigenvalue weighted by molar-refractivity contribution is 5.91. The SMILES string of the molecule is CC(C)(C)OOC1(C)C=CC(=O)CO1. The molecule has 14 heavy (non-hydrogen) atoms. The van der Waals surface area contributed by atoms with Gasteiger partial charge in [-0.1, -0.05) is 0 Å². The predicted octanol–water partition coefficient (Wildman–Crippen LogP) is 1.60. The number of ether oxygens (including phenoxy) is 1. The van der Waals surface area contributed by atoms with Crippen LogP contribution in [0.3, 0.4) is 0 Å². The molecule has 0 N–H and O–H groups in total. The second-order valence-corrected chi connectivity index (χ2v) is 4.38. The van der Waals surface area contributed by atoms with Crippen molar-refractivity contribution >= 4 is 5.78 Å². The maximum atomic E-state index is 10.8. The number of carbonyl (C=O) groups is 1. The van der Waals surface area contributed by atoms with Crippen LogP contribution in [0.2, 0.25) is 0 Å². The lowest BCUT2D eigenvalue weighted by Gasteiger charge is -2.30. The lowest BCUT2D eigenvalue weighted by atomic mass is 10.2. The lowest BCUT2D eigenvalue weighted by Crippen LogP contribution is -2.38. The van der Waals surface area contributed by atoms with Gasteiger partial charge in [0.25, 0.3) is 0 Å². The molecule has 1 rings (SSSR count). The van der Waals surface area contributed by atoms with Gasteiger partial charge in [-0.05, 0) is 39.8 Å². The summed E-state index contributed by atoms with van der Waals surface area (Å²) in [6.07, 6.45) is 2.99. The van der Waals surface area contributed by atoms with Crippen LogP contribution in [0.4, 0.5) is 0 Å². The molecule has 0 aromatic carbocycles. The zero-order chi connectivity index (χ0) is 10.8. The van der Waals surface area contributed by atoms with Gasteiger partial charge in [0.1, 0.15) is 6.61 Å². The molecular formula is C10H16O4. The molecule has 1 heterocycles. The Bertz CT molecular complexity index is 251. The summed E-state index contributed by atoms with van der Waals surface area (Å²) in [4.78, 5) is 21.1. The first kappa shape index (κ1) is 11.4. The molecule has 0 bridgehead atoms. The molecule has 0 spiro atoms. The molecule has 1 unspecified atom stereocenters. The van der Waals surface area contributed by atoms with Crippen molar-refractivity contribution in [2.24, 2.45) is 0 Å². The van der Waals surface area contributed by atoms with Gasteiger partial charge in [-0.25, -0.2) is 4.89 Å². The number of ketones is 1. The Morgan fingerprint density at radius 3 is 2.57 bits per heavy atom. The fourth-order valence-electron chi connectivity index (χ4n) is 0.815. The van der Waals surface area contributed by atoms with Crippen molar-refractivity contribution in [2.45, 2.75) is 39.1 Å². The van der Waals surface area contributed by atoms with Crippen LogP contribution in [0.15, 0.2) is 12.2 Å². The molecule has 0 aliphatic carbocycles. The smallest absolute Gasteiger partial charge is 0.218 e. The van der Waals surface area contributed by atoms with E-state index in [-0.39, 0.29) is 12.4 Å². The van der Waals surface area contributed by atoms with E-state index in [1.807, 2.05) is 20.8 Å². The first-order valence-electron chi connectivity index (χ1n) is 4.54. The van der Waals surface area contributed by atoms with Crippen LogP contribution in [0.25, 0.3) is 0 Å². The highest BCUT2D eigenvalue weighted by atomic mass is 17.2. The van der Waals surface area contributed by atoms with Gasteiger partial charge in [0.15, 0.2) is 5.78 Å². The topological polar surface area (TPSA) is 44.8 Å². The molecule has 0 saturated heterocycles. The number of rotatable bonds is 2. The van der Waals surface area contributed by atoms with Gasteiger partial charge in [0.2, 0.25) is 5.79 Å². The third-order valence-corrected chi connectivity index (χ3v) is 1.53. The molecule has 1 aliphatic rings. The lowest BCUT2D eigenvalue weighted by molar-refractivity contribution is -0.439. The van der Waals surface area contributed by atoms with Crippen molar-refractivity contribution in [3.8, 4) is 0 Å². The zero-order valence-corrected chi connectivity index (χ0v) is 8.99. The van der Waals surface area contributed by atoms with E-state index in [4.69, 9.17) is 14.5 Å². The van der Waals surface area contributed by atoms with E-state index in [1.54, 1.807) is 13.0 Å². The van der Waals surface area contributed by atoms with E-state index in [0.717, 1.165) is 0 Å². The van der Waals surface area contributed by atoms with Crippen LogP contribution in [0.5, 0.6) is 0 Å². The van der Waals surface area contributed by atoms with Crippen molar-refractivity contribution in [3.05, 3.63) is 12.2 Å². The van der Waals surface area contributed by atoms with Gasteiger partial charge in [-0.2, -0.15) is 4.89 Å². The largest absolute Gasteiger partial charge is 0.336 e. The normalized spacial score (nSPS) is 28.1. The fourth-order valence-corrected chi connectivity index (χ4v) is 0.815. The minimum Gasteiger partial charge on any atom is -0.336 e. The van der Waals surface area contributed by atoms with E-state index in [2.05, 4.69) is 0 Å². The molecule has 1 atom stereocenters. The summed E-state index contributed by atoms with van der Waals surface area (Å²) in [7, 11) is 0. The molecule has 4 nitrogen and oxygen atoms in total. The molecule has 0 aromatic heterocycles. The first-order chi connectivity index (χ1) is 6.31. The average Bonchev–Trinajstić information content (AvgIpc) is 2.07. The summed E-state index contributed by atoms with van der Waals surface area (Å²) in [5, 5.41) is 0. The Morgan fingerprint density at radius 2 is 2.14 bits per heavy atom. The van der Waals surface area contributed by atoms with E-state index in [9.17, 15) is 4.79 Å². The van der Waals surface area contributed by atoms with E-state index < -0.39 is 11.4 Å². The minimum atomic E-state index is -0.957. The van der Waals surface area contributed by atoms with Crippen molar-refractivity contribution in [1.29, 1.82) is 0 Å². The van der Waals surface area contributed by atoms with Crippen LogP contribution >= 0.6 is 0 Å². The number of carbonyl (C=O) groups excluding carboxylic acids is 1. The highest BCUT2D eigenvalue weighted by Gasteiger charge is 2.30. The Hall–Kier alpha value is -0.710. The number of hydrogen-bond acceptors (Lipinski definition) is 4. The molecule has 4 heteroatoms. The maximum absolute atomic E-state index is 10.8. The average molecular weight is 200 g/mol. The maximum Gasteiger partial charge on any atom is 0.218 e. The van der Waals surface area contributed by atoms with Gasteiger partial charge in [-0.3, -0.25) is 4.79 Å². The van der Waals surface area contributed by atoms with Gasteiger partial charge < -0.3 is 4.74 Å². The molecule has 0 aromatic rings. The summed E-state index contributed by atoms with van der Waals surface area (Å²) in [5.74, 6) is -1.02. The summed E-state index contributed by atoms with van der Waals surface area (Å²) in [6, 6.07) is 0. The molecule has 1 aliphatic heterocycles. The van der Waals surface area contributed by atoms with Crippen molar-refractivity contribution < 1.29 is 19.3 Å². The standard InChI is InChI=1S/C10H16O4/c1-9(2,3)13-14-10(4)6-5-8(11)7-12-10/h5-6H,7H2,1-4H3. The van der Waals surface area contributed by atoms with E-state index >= 15 is 0 Å². The summed E-state index contributed by atoms with van der Waals surface area (Å²) in [5.41, 5.74) is -0.401. The highest BCUT2D eigenvalue weighted by Crippen LogP contribution is 2.21. The van der Waals surface area contributed by atoms with Crippen LogP contribution in [-0.2, 0) is 19.3 Å². The summed E-state index contributed by atoms with van der Waals surface area (Å²) < 4.78 is 5.19. The Balaban J connectivity index is 2.51. The van der Waals surface area contributed by atoms with Crippen molar-refractivity contribution in [1.82, 2.24) is 0 Å².